The Balaban J connectivity index is 1.34. The first-order chi connectivity index (χ1) is 15.6. The van der Waals surface area contributed by atoms with Gasteiger partial charge in [-0.15, -0.1) is 0 Å². The zero-order valence-electron chi connectivity index (χ0n) is 18.9. The van der Waals surface area contributed by atoms with Gasteiger partial charge in [0.15, 0.2) is 17.6 Å². The smallest absolute Gasteiger partial charge is 0.303 e. The van der Waals surface area contributed by atoms with E-state index in [4.69, 9.17) is 18.9 Å². The van der Waals surface area contributed by atoms with Gasteiger partial charge in [0.2, 0.25) is 0 Å². The molecule has 0 saturated carbocycles. The molecule has 2 saturated heterocycles. The lowest BCUT2D eigenvalue weighted by molar-refractivity contribution is -0.152. The Morgan fingerprint density at radius 1 is 1.22 bits per heavy atom. The number of esters is 1. The summed E-state index contributed by atoms with van der Waals surface area (Å²) in [6.07, 6.45) is 5.78. The maximum absolute atomic E-state index is 11.9. The summed E-state index contributed by atoms with van der Waals surface area (Å²) < 4.78 is 24.2. The van der Waals surface area contributed by atoms with Gasteiger partial charge < -0.3 is 23.8 Å². The van der Waals surface area contributed by atoms with E-state index in [2.05, 4.69) is 41.1 Å². The number of likely N-dealkylation sites (N-methyl/N-ethyl adjacent to an activating group) is 1. The van der Waals surface area contributed by atoms with Gasteiger partial charge in [0, 0.05) is 49.5 Å². The molecule has 1 aromatic carbocycles. The quantitative estimate of drug-likeness (QED) is 0.511. The fraction of sp³-hybridized carbons (Fsp3) is 0.640. The number of rotatable bonds is 5. The van der Waals surface area contributed by atoms with Crippen LogP contribution >= 0.6 is 0 Å². The van der Waals surface area contributed by atoms with Crippen LogP contribution in [0.15, 0.2) is 24.3 Å². The lowest BCUT2D eigenvalue weighted by Crippen LogP contribution is -2.65. The fourth-order valence-electron chi connectivity index (χ4n) is 6.73. The molecule has 0 unspecified atom stereocenters. The van der Waals surface area contributed by atoms with Crippen LogP contribution in [0.2, 0.25) is 0 Å². The van der Waals surface area contributed by atoms with E-state index in [9.17, 15) is 4.79 Å². The van der Waals surface area contributed by atoms with Crippen molar-refractivity contribution in [1.82, 2.24) is 9.80 Å². The van der Waals surface area contributed by atoms with Crippen LogP contribution < -0.4 is 9.47 Å². The second-order valence-corrected chi connectivity index (χ2v) is 9.80. The molecule has 7 heteroatoms. The molecule has 6 rings (SSSR count). The number of carbonyl (C=O) groups is 1. The van der Waals surface area contributed by atoms with E-state index < -0.39 is 0 Å². The molecule has 5 aliphatic rings. The van der Waals surface area contributed by atoms with Crippen molar-refractivity contribution in [3.63, 3.8) is 0 Å². The Hall–Kier alpha value is -2.09. The first kappa shape index (κ1) is 20.5. The Morgan fingerprint density at radius 3 is 2.88 bits per heavy atom. The van der Waals surface area contributed by atoms with E-state index in [-0.39, 0.29) is 23.6 Å². The lowest BCUT2D eigenvalue weighted by atomic mass is 9.53. The van der Waals surface area contributed by atoms with Gasteiger partial charge in [-0.1, -0.05) is 12.1 Å². The van der Waals surface area contributed by atoms with Crippen molar-refractivity contribution in [2.75, 3.05) is 53.0 Å². The SMILES string of the molecule is CC(=O)O[C@H]1C=C[C@H]2[C@H]3Cc4ccc(OCCN5CCOCC5)c5c4[C@@]2(CCN3C)[C@H]1O5. The summed E-state index contributed by atoms with van der Waals surface area (Å²) in [4.78, 5) is 16.7. The summed E-state index contributed by atoms with van der Waals surface area (Å²) in [5, 5.41) is 0. The van der Waals surface area contributed by atoms with E-state index in [1.165, 1.54) is 18.1 Å². The number of piperidine rings is 1. The molecular formula is C25H32N2O5. The Kier molecular flexibility index (Phi) is 4.97. The zero-order chi connectivity index (χ0) is 21.9. The highest BCUT2D eigenvalue weighted by Crippen LogP contribution is 2.62. The Bertz CT molecular complexity index is 943. The molecule has 3 heterocycles. The topological polar surface area (TPSA) is 60.5 Å². The van der Waals surface area contributed by atoms with Gasteiger partial charge in [0.25, 0.3) is 0 Å². The van der Waals surface area contributed by atoms with Crippen LogP contribution in [0.5, 0.6) is 11.5 Å². The van der Waals surface area contributed by atoms with Crippen molar-refractivity contribution in [3.05, 3.63) is 35.4 Å². The highest BCUT2D eigenvalue weighted by atomic mass is 16.6. The maximum atomic E-state index is 11.9. The molecule has 7 nitrogen and oxygen atoms in total. The molecule has 32 heavy (non-hydrogen) atoms. The van der Waals surface area contributed by atoms with Crippen molar-refractivity contribution >= 4 is 5.97 Å². The first-order valence-electron chi connectivity index (χ1n) is 11.9. The number of hydrogen-bond donors (Lipinski definition) is 0. The summed E-state index contributed by atoms with van der Waals surface area (Å²) >= 11 is 0. The third kappa shape index (κ3) is 3.01. The van der Waals surface area contributed by atoms with Crippen LogP contribution in [0.4, 0.5) is 0 Å². The Morgan fingerprint density at radius 2 is 2.06 bits per heavy atom. The lowest BCUT2D eigenvalue weighted by Gasteiger charge is -2.56. The van der Waals surface area contributed by atoms with Crippen LogP contribution in [0.1, 0.15) is 24.5 Å². The normalized spacial score (nSPS) is 35.2. The molecule has 3 aliphatic heterocycles. The fourth-order valence-corrected chi connectivity index (χ4v) is 6.73. The molecule has 1 spiro atoms. The highest BCUT2D eigenvalue weighted by Gasteiger charge is 2.65. The standard InChI is InChI=1S/C25H32N2O5/c1-16(28)31-21-6-4-18-19-15-17-3-5-20(30-14-11-27-9-12-29-13-10-27)23-22(17)25(18,24(21)32-23)7-8-26(19)2/h3-6,18-19,21,24H,7-15H2,1-2H3/t18-,19+,21-,24-,25-/m0/s1. The highest BCUT2D eigenvalue weighted by molar-refractivity contribution is 5.67. The van der Waals surface area contributed by atoms with Gasteiger partial charge in [-0.05, 0) is 44.1 Å². The first-order valence-corrected chi connectivity index (χ1v) is 11.9. The maximum Gasteiger partial charge on any atom is 0.303 e. The van der Waals surface area contributed by atoms with Gasteiger partial charge in [-0.25, -0.2) is 0 Å². The van der Waals surface area contributed by atoms with Crippen LogP contribution in [-0.4, -0.2) is 87.1 Å². The van der Waals surface area contributed by atoms with Crippen molar-refractivity contribution in [1.29, 1.82) is 0 Å². The zero-order valence-corrected chi connectivity index (χ0v) is 18.9. The molecule has 172 valence electrons. The molecule has 2 fully saturated rings. The number of likely N-dealkylation sites (tertiary alicyclic amines) is 1. The predicted molar refractivity (Wildman–Crippen MR) is 118 cm³/mol. The van der Waals surface area contributed by atoms with Crippen LogP contribution in [-0.2, 0) is 26.1 Å². The van der Waals surface area contributed by atoms with Crippen LogP contribution in [0.25, 0.3) is 0 Å². The van der Waals surface area contributed by atoms with Gasteiger partial charge in [0.1, 0.15) is 12.7 Å². The molecule has 5 atom stereocenters. The molecule has 2 bridgehead atoms. The second-order valence-electron chi connectivity index (χ2n) is 9.80. The number of nitrogens with zero attached hydrogens (tertiary/aromatic N) is 2. The average Bonchev–Trinajstić information content (AvgIpc) is 3.14. The summed E-state index contributed by atoms with van der Waals surface area (Å²) in [7, 11) is 2.23. The van der Waals surface area contributed by atoms with E-state index >= 15 is 0 Å². The van der Waals surface area contributed by atoms with E-state index in [1.807, 2.05) is 0 Å². The molecule has 2 aliphatic carbocycles. The van der Waals surface area contributed by atoms with Crippen molar-refractivity contribution in [2.45, 2.75) is 43.4 Å². The molecule has 0 aromatic heterocycles. The summed E-state index contributed by atoms with van der Waals surface area (Å²) in [6, 6.07) is 4.75. The summed E-state index contributed by atoms with van der Waals surface area (Å²) in [6.45, 7) is 7.47. The molecule has 1 aromatic rings. The summed E-state index contributed by atoms with van der Waals surface area (Å²) in [5.74, 6) is 1.79. The molecule has 0 radical (unpaired) electrons. The average molecular weight is 441 g/mol. The number of carbonyl (C=O) groups excluding carboxylic acids is 1. The Labute approximate surface area is 189 Å². The van der Waals surface area contributed by atoms with Crippen molar-refractivity contribution in [2.24, 2.45) is 5.92 Å². The van der Waals surface area contributed by atoms with Crippen LogP contribution in [0, 0.1) is 5.92 Å². The van der Waals surface area contributed by atoms with Crippen molar-refractivity contribution in [3.8, 4) is 11.5 Å². The third-order valence-corrected chi connectivity index (χ3v) is 8.19. The van der Waals surface area contributed by atoms with E-state index in [0.717, 1.165) is 63.7 Å². The van der Waals surface area contributed by atoms with Crippen LogP contribution in [0.3, 0.4) is 0 Å². The molecule has 0 amide bonds. The number of hydrogen-bond acceptors (Lipinski definition) is 7. The second kappa shape index (κ2) is 7.75. The minimum atomic E-state index is -0.368. The minimum absolute atomic E-state index is 0.154. The van der Waals surface area contributed by atoms with Gasteiger partial charge in [-0.2, -0.15) is 0 Å². The van der Waals surface area contributed by atoms with Gasteiger partial charge in [-0.3, -0.25) is 9.69 Å². The number of ether oxygens (including phenoxy) is 4. The summed E-state index contributed by atoms with van der Waals surface area (Å²) in [5.41, 5.74) is 2.51. The van der Waals surface area contributed by atoms with Gasteiger partial charge >= 0.3 is 5.97 Å². The largest absolute Gasteiger partial charge is 0.488 e. The number of morpholine rings is 1. The monoisotopic (exact) mass is 440 g/mol. The van der Waals surface area contributed by atoms with Gasteiger partial charge in [0.05, 0.1) is 13.2 Å². The van der Waals surface area contributed by atoms with E-state index in [1.54, 1.807) is 0 Å². The molecule has 0 N–H and O–H groups in total. The van der Waals surface area contributed by atoms with E-state index in [0.29, 0.717) is 18.6 Å². The number of benzene rings is 1. The predicted octanol–water partition coefficient (Wildman–Crippen LogP) is 1.77. The van der Waals surface area contributed by atoms with Crippen molar-refractivity contribution < 1.29 is 23.7 Å². The third-order valence-electron chi connectivity index (χ3n) is 8.19. The minimum Gasteiger partial charge on any atom is -0.488 e. The molecular weight excluding hydrogens is 408 g/mol.